The molecule has 3 N–H and O–H groups in total. The number of anilines is 2. The number of nitrogen functional groups attached to an aromatic ring is 1. The molecule has 1 aromatic rings. The lowest BCUT2D eigenvalue weighted by molar-refractivity contribution is 0.251. The van der Waals surface area contributed by atoms with E-state index in [1.165, 1.54) is 4.90 Å². The third-order valence-electron chi connectivity index (χ3n) is 3.35. The Balaban J connectivity index is 1.96. The van der Waals surface area contributed by atoms with Gasteiger partial charge in [-0.2, -0.15) is 0 Å². The van der Waals surface area contributed by atoms with Crippen LogP contribution in [0.3, 0.4) is 0 Å². The molecule has 0 radical (unpaired) electrons. The topological polar surface area (TPSA) is 92.5 Å². The van der Waals surface area contributed by atoms with Crippen LogP contribution in [-0.4, -0.2) is 38.0 Å². The molecular formula is C11H13N3O3S. The molecule has 0 aromatic heterocycles. The molecule has 0 aliphatic carbocycles. The van der Waals surface area contributed by atoms with Crippen molar-refractivity contribution in [2.45, 2.75) is 12.1 Å². The molecule has 2 saturated heterocycles. The number of nitrogens with zero attached hydrogens (tertiary/aromatic N) is 1. The first-order valence-electron chi connectivity index (χ1n) is 5.62. The van der Waals surface area contributed by atoms with Crippen molar-refractivity contribution >= 4 is 27.2 Å². The SMILES string of the molecule is Nc1ccc(N2C(=O)N[C@@H]3CS(=O)(=O)C[C@@H]32)cc1. The molecule has 0 bridgehead atoms. The highest BCUT2D eigenvalue weighted by molar-refractivity contribution is 7.91. The minimum atomic E-state index is -3.06. The summed E-state index contributed by atoms with van der Waals surface area (Å²) in [5.41, 5.74) is 6.87. The van der Waals surface area contributed by atoms with Crippen molar-refractivity contribution < 1.29 is 13.2 Å². The number of nitrogens with two attached hydrogens (primary N) is 1. The van der Waals surface area contributed by atoms with Crippen LogP contribution in [0.25, 0.3) is 0 Å². The fourth-order valence-electron chi connectivity index (χ4n) is 2.54. The van der Waals surface area contributed by atoms with Gasteiger partial charge < -0.3 is 11.1 Å². The summed E-state index contributed by atoms with van der Waals surface area (Å²) in [6.07, 6.45) is 0. The van der Waals surface area contributed by atoms with Gasteiger partial charge in [0, 0.05) is 11.4 Å². The fourth-order valence-corrected chi connectivity index (χ4v) is 4.43. The molecule has 2 aliphatic heterocycles. The predicted octanol–water partition coefficient (Wildman–Crippen LogP) is -0.0360. The van der Waals surface area contributed by atoms with Gasteiger partial charge in [0.1, 0.15) is 0 Å². The number of rotatable bonds is 1. The molecule has 0 spiro atoms. The van der Waals surface area contributed by atoms with E-state index in [2.05, 4.69) is 5.32 Å². The summed E-state index contributed by atoms with van der Waals surface area (Å²) in [5, 5.41) is 2.71. The summed E-state index contributed by atoms with van der Waals surface area (Å²) < 4.78 is 23.2. The van der Waals surface area contributed by atoms with E-state index >= 15 is 0 Å². The van der Waals surface area contributed by atoms with E-state index in [1.807, 2.05) is 0 Å². The Hall–Kier alpha value is -1.76. The van der Waals surface area contributed by atoms with Gasteiger partial charge in [0.2, 0.25) is 0 Å². The van der Waals surface area contributed by atoms with Crippen molar-refractivity contribution in [2.24, 2.45) is 0 Å². The number of urea groups is 1. The van der Waals surface area contributed by atoms with Gasteiger partial charge in [-0.05, 0) is 24.3 Å². The van der Waals surface area contributed by atoms with Gasteiger partial charge in [0.25, 0.3) is 0 Å². The van der Waals surface area contributed by atoms with Crippen LogP contribution in [-0.2, 0) is 9.84 Å². The van der Waals surface area contributed by atoms with Gasteiger partial charge in [0.05, 0.1) is 23.6 Å². The summed E-state index contributed by atoms with van der Waals surface area (Å²) in [6, 6.07) is 5.97. The lowest BCUT2D eigenvalue weighted by Gasteiger charge is -2.21. The number of sulfone groups is 1. The average molecular weight is 267 g/mol. The Labute approximate surface area is 105 Å². The highest BCUT2D eigenvalue weighted by atomic mass is 32.2. The van der Waals surface area contributed by atoms with Gasteiger partial charge in [0.15, 0.2) is 9.84 Å². The Morgan fingerprint density at radius 2 is 1.89 bits per heavy atom. The molecule has 18 heavy (non-hydrogen) atoms. The summed E-state index contributed by atoms with van der Waals surface area (Å²) >= 11 is 0. The molecule has 2 aliphatic rings. The second-order valence-corrected chi connectivity index (χ2v) is 6.82. The molecule has 6 nitrogen and oxygen atoms in total. The zero-order valence-electron chi connectivity index (χ0n) is 9.54. The number of fused-ring (bicyclic) bond motifs is 1. The summed E-state index contributed by atoms with van der Waals surface area (Å²) in [7, 11) is -3.06. The molecule has 1 aromatic carbocycles. The largest absolute Gasteiger partial charge is 0.399 e. The van der Waals surface area contributed by atoms with Crippen molar-refractivity contribution in [1.29, 1.82) is 0 Å². The summed E-state index contributed by atoms with van der Waals surface area (Å²) in [5.74, 6) is 0.0374. The molecule has 7 heteroatoms. The molecule has 0 unspecified atom stereocenters. The normalized spacial score (nSPS) is 29.1. The first-order chi connectivity index (χ1) is 8.46. The Morgan fingerprint density at radius 1 is 1.22 bits per heavy atom. The molecule has 2 amide bonds. The van der Waals surface area contributed by atoms with E-state index in [0.29, 0.717) is 11.4 Å². The standard InChI is InChI=1S/C11H13N3O3S/c12-7-1-3-8(4-2-7)14-10-6-18(16,17)5-9(10)13-11(14)15/h1-4,9-10H,5-6,12H2,(H,13,15)/t9-,10+/m1/s1. The smallest absolute Gasteiger partial charge is 0.322 e. The maximum atomic E-state index is 11.9. The Morgan fingerprint density at radius 3 is 2.56 bits per heavy atom. The van der Waals surface area contributed by atoms with Crippen LogP contribution >= 0.6 is 0 Å². The number of hydrogen-bond donors (Lipinski definition) is 2. The molecule has 2 fully saturated rings. The second-order valence-electron chi connectivity index (χ2n) is 4.66. The molecule has 0 saturated carbocycles. The minimum Gasteiger partial charge on any atom is -0.399 e. The van der Waals surface area contributed by atoms with Crippen LogP contribution in [0.2, 0.25) is 0 Å². The van der Waals surface area contributed by atoms with Gasteiger partial charge in [-0.1, -0.05) is 0 Å². The van der Waals surface area contributed by atoms with Gasteiger partial charge in [-0.3, -0.25) is 4.90 Å². The second kappa shape index (κ2) is 3.61. The number of benzene rings is 1. The van der Waals surface area contributed by atoms with Crippen LogP contribution in [0.15, 0.2) is 24.3 Å². The first kappa shape index (κ1) is 11.3. The third kappa shape index (κ3) is 1.71. The maximum Gasteiger partial charge on any atom is 0.322 e. The zero-order chi connectivity index (χ0) is 12.9. The molecule has 96 valence electrons. The number of amides is 2. The highest BCUT2D eigenvalue weighted by Crippen LogP contribution is 2.29. The number of carbonyl (C=O) groups is 1. The van der Waals surface area contributed by atoms with E-state index in [4.69, 9.17) is 5.73 Å². The monoisotopic (exact) mass is 267 g/mol. The maximum absolute atomic E-state index is 11.9. The van der Waals surface area contributed by atoms with Crippen LogP contribution in [0.4, 0.5) is 16.2 Å². The van der Waals surface area contributed by atoms with Crippen LogP contribution in [0, 0.1) is 0 Å². The number of carbonyl (C=O) groups excluding carboxylic acids is 1. The first-order valence-corrected chi connectivity index (χ1v) is 7.44. The van der Waals surface area contributed by atoms with E-state index in [1.54, 1.807) is 24.3 Å². The molecular weight excluding hydrogens is 254 g/mol. The van der Waals surface area contributed by atoms with E-state index < -0.39 is 9.84 Å². The summed E-state index contributed by atoms with van der Waals surface area (Å²) in [6.45, 7) is 0. The predicted molar refractivity (Wildman–Crippen MR) is 68.1 cm³/mol. The zero-order valence-corrected chi connectivity index (χ0v) is 10.4. The lowest BCUT2D eigenvalue weighted by Crippen LogP contribution is -2.36. The van der Waals surface area contributed by atoms with Crippen LogP contribution in [0.1, 0.15) is 0 Å². The van der Waals surface area contributed by atoms with E-state index in [-0.39, 0.29) is 29.6 Å². The number of nitrogens with one attached hydrogen (secondary N) is 1. The van der Waals surface area contributed by atoms with Crippen molar-refractivity contribution in [3.8, 4) is 0 Å². The van der Waals surface area contributed by atoms with E-state index in [9.17, 15) is 13.2 Å². The van der Waals surface area contributed by atoms with Crippen molar-refractivity contribution in [1.82, 2.24) is 5.32 Å². The number of hydrogen-bond acceptors (Lipinski definition) is 4. The van der Waals surface area contributed by atoms with Gasteiger partial charge >= 0.3 is 6.03 Å². The lowest BCUT2D eigenvalue weighted by atomic mass is 10.1. The van der Waals surface area contributed by atoms with Crippen LogP contribution < -0.4 is 16.0 Å². The van der Waals surface area contributed by atoms with Crippen molar-refractivity contribution in [3.05, 3.63) is 24.3 Å². The highest BCUT2D eigenvalue weighted by Gasteiger charge is 2.49. The van der Waals surface area contributed by atoms with Gasteiger partial charge in [-0.25, -0.2) is 13.2 Å². The molecule has 3 rings (SSSR count). The Bertz CT molecular complexity index is 596. The van der Waals surface area contributed by atoms with Gasteiger partial charge in [-0.15, -0.1) is 0 Å². The van der Waals surface area contributed by atoms with Crippen LogP contribution in [0.5, 0.6) is 0 Å². The fraction of sp³-hybridized carbons (Fsp3) is 0.364. The Kier molecular flexibility index (Phi) is 2.28. The summed E-state index contributed by atoms with van der Waals surface area (Å²) in [4.78, 5) is 13.4. The molecule has 2 atom stereocenters. The third-order valence-corrected chi connectivity index (χ3v) is 5.07. The molecule has 2 heterocycles. The average Bonchev–Trinajstić information content (AvgIpc) is 2.70. The van der Waals surface area contributed by atoms with Crippen molar-refractivity contribution in [3.63, 3.8) is 0 Å². The quantitative estimate of drug-likeness (QED) is 0.552. The minimum absolute atomic E-state index is 0.0147. The van der Waals surface area contributed by atoms with E-state index in [0.717, 1.165) is 0 Å². The van der Waals surface area contributed by atoms with Crippen molar-refractivity contribution in [2.75, 3.05) is 22.1 Å².